The molecule has 0 amide bonds. The van der Waals surface area contributed by atoms with E-state index in [1.165, 1.54) is 42.7 Å². The molecule has 4 aromatic carbocycles. The summed E-state index contributed by atoms with van der Waals surface area (Å²) >= 11 is 12.4. The minimum absolute atomic E-state index is 0. The largest absolute Gasteiger partial charge is 1.00 e. The fourth-order valence-corrected chi connectivity index (χ4v) is 8.20. The fourth-order valence-electron chi connectivity index (χ4n) is 5.12. The number of carboxylic acids is 1. The van der Waals surface area contributed by atoms with Gasteiger partial charge in [-0.25, -0.2) is 50.7 Å². The maximum atomic E-state index is 13.1. The topological polar surface area (TPSA) is 196 Å². The molecule has 4 aromatic heterocycles. The van der Waals surface area contributed by atoms with E-state index in [2.05, 4.69) is 29.9 Å². The Bertz CT molecular complexity index is 2870. The minimum Gasteiger partial charge on any atom is -0.542 e. The van der Waals surface area contributed by atoms with Crippen LogP contribution in [-0.2, 0) is 20.0 Å². The average Bonchev–Trinajstić information content (AvgIpc) is 3.81. The number of carboxylic acid groups (broad SMARTS) is 1. The van der Waals surface area contributed by atoms with E-state index in [4.69, 9.17) is 23.2 Å². The van der Waals surface area contributed by atoms with Gasteiger partial charge in [0, 0.05) is 11.1 Å². The number of nitrogens with zero attached hydrogens (tertiary/aromatic N) is 8. The molecule has 4 heterocycles. The van der Waals surface area contributed by atoms with Gasteiger partial charge in [-0.3, -0.25) is 0 Å². The molecule has 0 aliphatic rings. The first-order valence-electron chi connectivity index (χ1n) is 15.3. The van der Waals surface area contributed by atoms with Gasteiger partial charge in [-0.15, -0.1) is 0 Å². The number of carbonyl (C=O) groups is 1. The predicted molar refractivity (Wildman–Crippen MR) is 194 cm³/mol. The summed E-state index contributed by atoms with van der Waals surface area (Å²) in [7, 11) is -8.16. The van der Waals surface area contributed by atoms with Gasteiger partial charge in [0.05, 0.1) is 9.79 Å². The summed E-state index contributed by atoms with van der Waals surface area (Å²) in [4.78, 5) is 36.4. The Morgan fingerprint density at radius 1 is 0.556 bits per heavy atom. The van der Waals surface area contributed by atoms with Crippen LogP contribution in [0.2, 0.25) is 10.3 Å². The van der Waals surface area contributed by atoms with E-state index >= 15 is 0 Å². The molecule has 0 N–H and O–H groups in total. The van der Waals surface area contributed by atoms with Crippen LogP contribution in [0.3, 0.4) is 0 Å². The van der Waals surface area contributed by atoms with Crippen molar-refractivity contribution in [3.05, 3.63) is 144 Å². The number of fused-ring (bicyclic) bond motifs is 2. The van der Waals surface area contributed by atoms with Crippen LogP contribution in [0.1, 0.15) is 10.6 Å². The number of imidazole rings is 2. The molecule has 0 aliphatic carbocycles. The minimum atomic E-state index is -4.33. The SMILES string of the molecule is O=C([O-])c1nc2c(Cl)nc(-c3ccccc3)nc2n1S(=O)(=O)c1ccccc1.O=S(=O)(c1ccccc1)n1cnc2c(Cl)nc(-c3ccccc3)nc21.[Li+]. The van der Waals surface area contributed by atoms with Crippen molar-refractivity contribution in [1.29, 1.82) is 0 Å². The molecule has 0 saturated carbocycles. The number of carbonyl (C=O) groups excluding carboxylic acids is 1. The van der Waals surface area contributed by atoms with Crippen LogP contribution in [-0.4, -0.2) is 60.7 Å². The molecule has 0 aliphatic heterocycles. The maximum Gasteiger partial charge on any atom is 1.00 e. The van der Waals surface area contributed by atoms with Crippen LogP contribution >= 0.6 is 23.2 Å². The molecule has 0 unspecified atom stereocenters. The van der Waals surface area contributed by atoms with Crippen molar-refractivity contribution in [1.82, 2.24) is 37.8 Å². The van der Waals surface area contributed by atoms with Crippen LogP contribution in [0.4, 0.5) is 0 Å². The zero-order valence-corrected chi connectivity index (χ0v) is 30.9. The number of hydrogen-bond donors (Lipinski definition) is 0. The van der Waals surface area contributed by atoms with Gasteiger partial charge in [-0.05, 0) is 24.3 Å². The molecule has 19 heteroatoms. The Morgan fingerprint density at radius 2 is 0.981 bits per heavy atom. The molecular weight excluding hydrogens is 770 g/mol. The van der Waals surface area contributed by atoms with Crippen LogP contribution in [0.5, 0.6) is 0 Å². The van der Waals surface area contributed by atoms with E-state index in [0.717, 1.165) is 9.54 Å². The molecule has 0 radical (unpaired) electrons. The number of aromatic nitrogens is 8. The van der Waals surface area contributed by atoms with Crippen LogP contribution in [0.25, 0.3) is 45.1 Å². The van der Waals surface area contributed by atoms with Gasteiger partial charge in [0.1, 0.15) is 23.3 Å². The number of halogens is 2. The maximum absolute atomic E-state index is 13.1. The van der Waals surface area contributed by atoms with Gasteiger partial charge in [0.15, 0.2) is 39.1 Å². The average molecular weight is 792 g/mol. The number of aromatic carboxylic acids is 1. The van der Waals surface area contributed by atoms with Crippen molar-refractivity contribution in [3.8, 4) is 22.8 Å². The first-order chi connectivity index (χ1) is 25.5. The summed E-state index contributed by atoms with van der Waals surface area (Å²) < 4.78 is 53.6. The molecule has 0 atom stereocenters. The van der Waals surface area contributed by atoms with Gasteiger partial charge < -0.3 is 9.90 Å². The van der Waals surface area contributed by atoms with E-state index in [1.807, 2.05) is 30.3 Å². The van der Waals surface area contributed by atoms with Crippen molar-refractivity contribution in [3.63, 3.8) is 0 Å². The normalized spacial score (nSPS) is 11.4. The first kappa shape index (κ1) is 38.3. The molecule has 0 bridgehead atoms. The third kappa shape index (κ3) is 7.23. The molecule has 0 spiro atoms. The number of hydrogen-bond acceptors (Lipinski definition) is 12. The Morgan fingerprint density at radius 3 is 1.46 bits per heavy atom. The van der Waals surface area contributed by atoms with Gasteiger partial charge >= 0.3 is 18.9 Å². The Balaban J connectivity index is 0.000000182. The van der Waals surface area contributed by atoms with Crippen molar-refractivity contribution in [2.75, 3.05) is 0 Å². The van der Waals surface area contributed by atoms with Crippen molar-refractivity contribution in [2.24, 2.45) is 0 Å². The number of rotatable bonds is 7. The summed E-state index contributed by atoms with van der Waals surface area (Å²) in [5.41, 5.74) is 1.29. The third-order valence-corrected chi connectivity index (χ3v) is 11.5. The molecule has 8 rings (SSSR count). The van der Waals surface area contributed by atoms with Crippen molar-refractivity contribution >= 4 is 71.5 Å². The molecule has 8 aromatic rings. The molecule has 14 nitrogen and oxygen atoms in total. The quantitative estimate of drug-likeness (QED) is 0.169. The monoisotopic (exact) mass is 790 g/mol. The molecule has 0 saturated heterocycles. The first-order valence-corrected chi connectivity index (χ1v) is 18.9. The second-order valence-electron chi connectivity index (χ2n) is 10.9. The van der Waals surface area contributed by atoms with E-state index in [0.29, 0.717) is 15.4 Å². The Labute approximate surface area is 329 Å². The van der Waals surface area contributed by atoms with Crippen LogP contribution in [0, 0.1) is 0 Å². The summed E-state index contributed by atoms with van der Waals surface area (Å²) in [5.74, 6) is -2.15. The van der Waals surface area contributed by atoms with Crippen molar-refractivity contribution < 1.29 is 45.6 Å². The summed E-state index contributed by atoms with van der Waals surface area (Å²) in [6.07, 6.45) is 1.20. The molecular formula is C35H21Cl2LiN8O6S2. The van der Waals surface area contributed by atoms with E-state index < -0.39 is 31.8 Å². The Hall–Kier alpha value is -5.47. The molecule has 264 valence electrons. The predicted octanol–water partition coefficient (Wildman–Crippen LogP) is 2.13. The second-order valence-corrected chi connectivity index (χ2v) is 15.2. The fraction of sp³-hybridized carbons (Fsp3) is 0. The zero-order valence-electron chi connectivity index (χ0n) is 27.7. The molecule has 0 fully saturated rings. The van der Waals surface area contributed by atoms with Crippen LogP contribution in [0.15, 0.2) is 137 Å². The summed E-state index contributed by atoms with van der Waals surface area (Å²) in [6.45, 7) is 0. The smallest absolute Gasteiger partial charge is 0.542 e. The van der Waals surface area contributed by atoms with Gasteiger partial charge in [0.25, 0.3) is 20.0 Å². The Kier molecular flexibility index (Phi) is 11.0. The van der Waals surface area contributed by atoms with Crippen molar-refractivity contribution in [2.45, 2.75) is 9.79 Å². The van der Waals surface area contributed by atoms with Gasteiger partial charge in [-0.1, -0.05) is 120 Å². The van der Waals surface area contributed by atoms with E-state index in [1.54, 1.807) is 54.6 Å². The zero-order chi connectivity index (χ0) is 37.3. The standard InChI is InChI=1S/C18H11ClN4O4S.C17H11ClN4O2S.Li/c19-14-13-16(22-15(21-14)11-7-3-1-4-8-11)23(17(20-13)18(24)25)28(26,27)12-9-5-2-6-10-12;18-15-14-17(21-16(20-15)12-7-3-1-4-8-12)22(11-19-14)25(23,24)13-9-5-2-6-10-13;/h1-10H,(H,24,25);1-11H;/q;;+1/p-1. The second kappa shape index (κ2) is 15.5. The van der Waals surface area contributed by atoms with E-state index in [-0.39, 0.29) is 67.1 Å². The van der Waals surface area contributed by atoms with Gasteiger partial charge in [0.2, 0.25) is 0 Å². The van der Waals surface area contributed by atoms with Crippen LogP contribution < -0.4 is 24.0 Å². The van der Waals surface area contributed by atoms with Gasteiger partial charge in [-0.2, -0.15) is 3.97 Å². The summed E-state index contributed by atoms with van der Waals surface area (Å²) in [6, 6.07) is 33.3. The summed E-state index contributed by atoms with van der Waals surface area (Å²) in [5, 5.41) is 11.5. The third-order valence-electron chi connectivity index (χ3n) is 7.58. The number of benzene rings is 4. The van der Waals surface area contributed by atoms with E-state index in [9.17, 15) is 26.7 Å². The molecule has 54 heavy (non-hydrogen) atoms.